The molecule has 7 nitrogen and oxygen atoms in total. The highest BCUT2D eigenvalue weighted by Crippen LogP contribution is 2.34. The number of benzene rings is 1. The summed E-state index contributed by atoms with van der Waals surface area (Å²) < 4.78 is 7.20. The summed E-state index contributed by atoms with van der Waals surface area (Å²) in [6, 6.07) is 8.43. The van der Waals surface area contributed by atoms with Crippen LogP contribution in [0, 0.1) is 6.92 Å². The van der Waals surface area contributed by atoms with Crippen molar-refractivity contribution in [2.24, 2.45) is 0 Å². The van der Waals surface area contributed by atoms with E-state index in [4.69, 9.17) is 4.74 Å². The fraction of sp³-hybridized carbons (Fsp3) is 0.550. The van der Waals surface area contributed by atoms with Gasteiger partial charge in [0, 0.05) is 6.54 Å². The van der Waals surface area contributed by atoms with Gasteiger partial charge in [0.15, 0.2) is 5.69 Å². The molecule has 3 heterocycles. The van der Waals surface area contributed by atoms with Crippen molar-refractivity contribution in [3.63, 3.8) is 0 Å². The van der Waals surface area contributed by atoms with Crippen LogP contribution in [0.1, 0.15) is 59.5 Å². The van der Waals surface area contributed by atoms with Crippen LogP contribution in [-0.2, 0) is 0 Å². The van der Waals surface area contributed by atoms with Gasteiger partial charge in [-0.1, -0.05) is 17.3 Å². The largest absolute Gasteiger partial charge is 0.497 e. The van der Waals surface area contributed by atoms with Crippen molar-refractivity contribution in [2.75, 3.05) is 26.7 Å². The Hall–Kier alpha value is -2.12. The summed E-state index contributed by atoms with van der Waals surface area (Å²) in [6.07, 6.45) is 4.02. The molecule has 1 aromatic heterocycles. The van der Waals surface area contributed by atoms with Crippen LogP contribution in [0.4, 0.5) is 0 Å². The third-order valence-corrected chi connectivity index (χ3v) is 5.80. The lowest BCUT2D eigenvalue weighted by Gasteiger charge is -2.25. The van der Waals surface area contributed by atoms with Crippen LogP contribution in [0.2, 0.25) is 0 Å². The highest BCUT2D eigenvalue weighted by atomic mass is 35.5. The quantitative estimate of drug-likeness (QED) is 0.846. The Morgan fingerprint density at radius 3 is 2.57 bits per heavy atom. The molecule has 2 aliphatic rings. The number of methoxy groups -OCH3 is 1. The molecule has 0 bridgehead atoms. The minimum absolute atomic E-state index is 0. The molecule has 0 spiro atoms. The molecule has 0 radical (unpaired) electrons. The lowest BCUT2D eigenvalue weighted by Crippen LogP contribution is -2.32. The van der Waals surface area contributed by atoms with Gasteiger partial charge in [-0.25, -0.2) is 4.68 Å². The predicted octanol–water partition coefficient (Wildman–Crippen LogP) is 2.92. The molecule has 2 saturated heterocycles. The molecule has 2 fully saturated rings. The number of rotatable bonds is 4. The first kappa shape index (κ1) is 20.6. The fourth-order valence-corrected chi connectivity index (χ4v) is 4.25. The molecule has 1 atom stereocenters. The summed E-state index contributed by atoms with van der Waals surface area (Å²) in [5.41, 5.74) is 2.52. The van der Waals surface area contributed by atoms with Crippen molar-refractivity contribution in [3.8, 4) is 5.75 Å². The number of amides is 1. The molecule has 152 valence electrons. The summed E-state index contributed by atoms with van der Waals surface area (Å²) in [7, 11) is 1.66. The Bertz CT molecular complexity index is 801. The number of hydrogen-bond acceptors (Lipinski definition) is 5. The number of ether oxygens (including phenoxy) is 1. The van der Waals surface area contributed by atoms with E-state index < -0.39 is 0 Å². The summed E-state index contributed by atoms with van der Waals surface area (Å²) in [5.74, 6) is 0.821. The third kappa shape index (κ3) is 3.86. The smallest absolute Gasteiger partial charge is 0.276 e. The Morgan fingerprint density at radius 1 is 1.18 bits per heavy atom. The van der Waals surface area contributed by atoms with Gasteiger partial charge in [-0.2, -0.15) is 0 Å². The summed E-state index contributed by atoms with van der Waals surface area (Å²) in [4.78, 5) is 15.2. The Morgan fingerprint density at radius 2 is 1.89 bits per heavy atom. The molecule has 1 N–H and O–H groups in total. The normalized spacial score (nSPS) is 20.1. The summed E-state index contributed by atoms with van der Waals surface area (Å²) in [5, 5.41) is 12.0. The second kappa shape index (κ2) is 8.92. The Labute approximate surface area is 171 Å². The van der Waals surface area contributed by atoms with Gasteiger partial charge in [0.2, 0.25) is 0 Å². The van der Waals surface area contributed by atoms with Gasteiger partial charge < -0.3 is 15.0 Å². The number of aromatic nitrogens is 3. The van der Waals surface area contributed by atoms with Crippen LogP contribution in [0.5, 0.6) is 5.75 Å². The van der Waals surface area contributed by atoms with Gasteiger partial charge in [0.05, 0.1) is 24.9 Å². The molecule has 2 aliphatic heterocycles. The zero-order valence-electron chi connectivity index (χ0n) is 16.4. The highest BCUT2D eigenvalue weighted by molar-refractivity contribution is 5.93. The number of halogens is 1. The van der Waals surface area contributed by atoms with Crippen LogP contribution < -0.4 is 10.1 Å². The van der Waals surface area contributed by atoms with Gasteiger partial charge in [0.25, 0.3) is 5.91 Å². The minimum atomic E-state index is -0.00833. The van der Waals surface area contributed by atoms with E-state index in [1.54, 1.807) is 7.11 Å². The molecule has 2 aromatic rings. The van der Waals surface area contributed by atoms with Crippen LogP contribution in [0.25, 0.3) is 0 Å². The SMILES string of the molecule is COc1ccc(C2CCCN2C(=O)c2nnn(C3CCNCC3)c2C)cc1.Cl. The van der Waals surface area contributed by atoms with E-state index in [9.17, 15) is 4.79 Å². The number of nitrogens with one attached hydrogen (secondary N) is 1. The molecule has 28 heavy (non-hydrogen) atoms. The van der Waals surface area contributed by atoms with E-state index in [1.165, 1.54) is 0 Å². The molecule has 1 unspecified atom stereocenters. The van der Waals surface area contributed by atoms with E-state index >= 15 is 0 Å². The second-order valence-corrected chi connectivity index (χ2v) is 7.38. The maximum Gasteiger partial charge on any atom is 0.276 e. The van der Waals surface area contributed by atoms with Gasteiger partial charge >= 0.3 is 0 Å². The van der Waals surface area contributed by atoms with Crippen molar-refractivity contribution in [1.29, 1.82) is 0 Å². The lowest BCUT2D eigenvalue weighted by molar-refractivity contribution is 0.0728. The topological polar surface area (TPSA) is 72.3 Å². The molecule has 1 amide bonds. The Kier molecular flexibility index (Phi) is 6.57. The van der Waals surface area contributed by atoms with Crippen molar-refractivity contribution >= 4 is 18.3 Å². The van der Waals surface area contributed by atoms with Crippen molar-refractivity contribution in [1.82, 2.24) is 25.2 Å². The average Bonchev–Trinajstić information content (AvgIpc) is 3.35. The molecule has 1 aromatic carbocycles. The van der Waals surface area contributed by atoms with Gasteiger partial charge in [0.1, 0.15) is 5.75 Å². The monoisotopic (exact) mass is 405 g/mol. The number of likely N-dealkylation sites (tertiary alicyclic amines) is 1. The first-order chi connectivity index (χ1) is 13.2. The van der Waals surface area contributed by atoms with Crippen LogP contribution >= 0.6 is 12.4 Å². The van der Waals surface area contributed by atoms with Crippen molar-refractivity contribution < 1.29 is 9.53 Å². The fourth-order valence-electron chi connectivity index (χ4n) is 4.25. The summed E-state index contributed by atoms with van der Waals surface area (Å²) in [6.45, 7) is 4.70. The second-order valence-electron chi connectivity index (χ2n) is 7.38. The molecular formula is C20H28ClN5O2. The van der Waals surface area contributed by atoms with Crippen LogP contribution in [0.3, 0.4) is 0 Å². The van der Waals surface area contributed by atoms with Gasteiger partial charge in [-0.05, 0) is 63.4 Å². The van der Waals surface area contributed by atoms with E-state index in [0.29, 0.717) is 11.7 Å². The zero-order chi connectivity index (χ0) is 18.8. The van der Waals surface area contributed by atoms with E-state index in [-0.39, 0.29) is 24.4 Å². The van der Waals surface area contributed by atoms with E-state index in [2.05, 4.69) is 15.6 Å². The van der Waals surface area contributed by atoms with E-state index in [0.717, 1.165) is 62.3 Å². The average molecular weight is 406 g/mol. The molecular weight excluding hydrogens is 378 g/mol. The maximum absolute atomic E-state index is 13.2. The van der Waals surface area contributed by atoms with Gasteiger partial charge in [-0.3, -0.25) is 4.79 Å². The number of nitrogens with zero attached hydrogens (tertiary/aromatic N) is 4. The third-order valence-electron chi connectivity index (χ3n) is 5.80. The molecule has 0 saturated carbocycles. The first-order valence-electron chi connectivity index (χ1n) is 9.76. The van der Waals surface area contributed by atoms with Crippen LogP contribution in [0.15, 0.2) is 24.3 Å². The van der Waals surface area contributed by atoms with Gasteiger partial charge in [-0.15, -0.1) is 17.5 Å². The molecule has 0 aliphatic carbocycles. The minimum Gasteiger partial charge on any atom is -0.497 e. The predicted molar refractivity (Wildman–Crippen MR) is 109 cm³/mol. The highest BCUT2D eigenvalue weighted by Gasteiger charge is 2.33. The van der Waals surface area contributed by atoms with Crippen molar-refractivity contribution in [2.45, 2.75) is 44.7 Å². The number of carbonyl (C=O) groups excluding carboxylic acids is 1. The zero-order valence-corrected chi connectivity index (χ0v) is 17.2. The Balaban J connectivity index is 0.00000225. The standard InChI is InChI=1S/C20H27N5O2.ClH/c1-14-19(22-23-25(14)16-9-11-21-12-10-16)20(26)24-13-3-4-18(24)15-5-7-17(27-2)8-6-15;/h5-8,16,18,21H,3-4,9-13H2,1-2H3;1H. The number of piperidine rings is 1. The lowest BCUT2D eigenvalue weighted by atomic mass is 10.0. The maximum atomic E-state index is 13.2. The van der Waals surface area contributed by atoms with E-state index in [1.807, 2.05) is 40.8 Å². The number of hydrogen-bond donors (Lipinski definition) is 1. The number of carbonyl (C=O) groups is 1. The molecule has 4 rings (SSSR count). The first-order valence-corrected chi connectivity index (χ1v) is 9.76. The van der Waals surface area contributed by atoms with Crippen LogP contribution in [-0.4, -0.2) is 52.5 Å². The molecule has 8 heteroatoms. The van der Waals surface area contributed by atoms with Crippen molar-refractivity contribution in [3.05, 3.63) is 41.2 Å². The summed E-state index contributed by atoms with van der Waals surface area (Å²) >= 11 is 0.